The fraction of sp³-hybridized carbons (Fsp3) is 0.250. The van der Waals surface area contributed by atoms with Gasteiger partial charge in [0.05, 0.1) is 5.56 Å². The number of carbonyl (C=O) groups excluding carboxylic acids is 1. The molecule has 0 atom stereocenters. The summed E-state index contributed by atoms with van der Waals surface area (Å²) >= 11 is 1.37. The van der Waals surface area contributed by atoms with Crippen molar-refractivity contribution in [3.63, 3.8) is 0 Å². The zero-order chi connectivity index (χ0) is 13.2. The number of nitrogens with zero attached hydrogens (tertiary/aromatic N) is 1. The Bertz CT molecular complexity index is 435. The fourth-order valence-electron chi connectivity index (χ4n) is 0.987. The van der Waals surface area contributed by atoms with Crippen LogP contribution in [0, 0.1) is 3.70 Å². The van der Waals surface area contributed by atoms with E-state index in [1.54, 1.807) is 0 Å². The van der Waals surface area contributed by atoms with Crippen LogP contribution in [0.15, 0.2) is 6.07 Å². The molecule has 1 heterocycles. The highest BCUT2D eigenvalue weighted by Crippen LogP contribution is 2.30. The summed E-state index contributed by atoms with van der Waals surface area (Å²) in [5.74, 6) is -1.03. The van der Waals surface area contributed by atoms with Crippen molar-refractivity contribution in [1.29, 1.82) is 0 Å². The molecule has 0 fully saturated rings. The first kappa shape index (κ1) is 14.1. The quantitative estimate of drug-likeness (QED) is 0.356. The Hall–Kier alpha value is -1.00. The van der Waals surface area contributed by atoms with Gasteiger partial charge >= 0.3 is 6.36 Å². The molecule has 1 aromatic rings. The molecule has 1 rings (SSSR count). The number of ether oxygens (including phenoxy) is 1. The molecular weight excluding hydrogens is 364 g/mol. The molecule has 9 heteroatoms. The van der Waals surface area contributed by atoms with Crippen molar-refractivity contribution in [3.8, 4) is 5.88 Å². The summed E-state index contributed by atoms with van der Waals surface area (Å²) < 4.78 is 63.7. The molecule has 0 amide bonds. The minimum Gasteiger partial charge on any atom is -0.388 e. The Morgan fingerprint density at radius 3 is 2.41 bits per heavy atom. The van der Waals surface area contributed by atoms with E-state index in [9.17, 15) is 26.7 Å². The lowest BCUT2D eigenvalue weighted by atomic mass is 10.1. The predicted octanol–water partition coefficient (Wildman–Crippen LogP) is 3.33. The first-order valence-electron chi connectivity index (χ1n) is 3.94. The van der Waals surface area contributed by atoms with E-state index in [1.165, 1.54) is 22.6 Å². The average molecular weight is 367 g/mol. The van der Waals surface area contributed by atoms with Crippen LogP contribution in [-0.2, 0) is 0 Å². The number of aromatic nitrogens is 1. The van der Waals surface area contributed by atoms with E-state index in [-0.39, 0.29) is 9.99 Å². The molecule has 0 aromatic carbocycles. The molecule has 17 heavy (non-hydrogen) atoms. The molecule has 0 N–H and O–H groups in total. The van der Waals surface area contributed by atoms with Gasteiger partial charge in [-0.15, -0.1) is 13.2 Å². The van der Waals surface area contributed by atoms with E-state index in [0.717, 1.165) is 0 Å². The number of aldehydes is 1. The van der Waals surface area contributed by atoms with Crippen molar-refractivity contribution in [1.82, 2.24) is 4.98 Å². The summed E-state index contributed by atoms with van der Waals surface area (Å²) in [5.41, 5.74) is -1.30. The zero-order valence-corrected chi connectivity index (χ0v) is 9.92. The number of halogens is 6. The van der Waals surface area contributed by atoms with Crippen LogP contribution in [0.2, 0.25) is 0 Å². The summed E-state index contributed by atoms with van der Waals surface area (Å²) in [5, 5.41) is 0. The second-order valence-electron chi connectivity index (χ2n) is 2.72. The summed E-state index contributed by atoms with van der Waals surface area (Å²) in [6, 6.07) is 0.393. The summed E-state index contributed by atoms with van der Waals surface area (Å²) in [7, 11) is 0. The summed E-state index contributed by atoms with van der Waals surface area (Å²) in [6.45, 7) is 0. The maximum Gasteiger partial charge on any atom is 0.574 e. The molecule has 1 aromatic heterocycles. The second-order valence-corrected chi connectivity index (χ2v) is 3.74. The molecule has 94 valence electrons. The Kier molecular flexibility index (Phi) is 4.22. The average Bonchev–Trinajstić information content (AvgIpc) is 2.13. The SMILES string of the molecule is O=Cc1c(C(F)F)cc(OC(F)(F)F)nc1I. The van der Waals surface area contributed by atoms with Crippen LogP contribution in [0.1, 0.15) is 22.3 Å². The van der Waals surface area contributed by atoms with Crippen molar-refractivity contribution in [2.75, 3.05) is 0 Å². The molecule has 0 aliphatic carbocycles. The van der Waals surface area contributed by atoms with Gasteiger partial charge in [-0.2, -0.15) is 0 Å². The van der Waals surface area contributed by atoms with Gasteiger partial charge in [0.2, 0.25) is 5.88 Å². The summed E-state index contributed by atoms with van der Waals surface area (Å²) in [6.07, 6.45) is -8.02. The lowest BCUT2D eigenvalue weighted by Gasteiger charge is -2.11. The van der Waals surface area contributed by atoms with E-state index in [1.807, 2.05) is 0 Å². The van der Waals surface area contributed by atoms with E-state index in [0.29, 0.717) is 6.07 Å². The number of carbonyl (C=O) groups is 1. The maximum atomic E-state index is 12.5. The highest BCUT2D eigenvalue weighted by molar-refractivity contribution is 14.1. The standard InChI is InChI=1S/C8H3F5INO2/c9-6(10)3-1-5(17-8(11,12)13)15-7(14)4(3)2-16/h1-2,6H. The number of hydrogen-bond donors (Lipinski definition) is 0. The van der Waals surface area contributed by atoms with Crippen LogP contribution in [0.5, 0.6) is 5.88 Å². The van der Waals surface area contributed by atoms with Crippen molar-refractivity contribution in [2.24, 2.45) is 0 Å². The monoisotopic (exact) mass is 367 g/mol. The van der Waals surface area contributed by atoms with E-state index < -0.39 is 29.8 Å². The number of hydrogen-bond acceptors (Lipinski definition) is 3. The fourth-order valence-corrected chi connectivity index (χ4v) is 1.66. The Balaban J connectivity index is 3.24. The molecule has 0 saturated carbocycles. The van der Waals surface area contributed by atoms with Gasteiger partial charge in [-0.1, -0.05) is 0 Å². The Morgan fingerprint density at radius 2 is 2.00 bits per heavy atom. The first-order chi connectivity index (χ1) is 7.74. The van der Waals surface area contributed by atoms with Crippen LogP contribution >= 0.6 is 22.6 Å². The van der Waals surface area contributed by atoms with Gasteiger partial charge in [0.15, 0.2) is 6.29 Å². The normalized spacial score (nSPS) is 11.7. The van der Waals surface area contributed by atoms with E-state index in [2.05, 4.69) is 9.72 Å². The van der Waals surface area contributed by atoms with E-state index in [4.69, 9.17) is 0 Å². The van der Waals surface area contributed by atoms with Crippen molar-refractivity contribution in [3.05, 3.63) is 20.9 Å². The minimum absolute atomic E-state index is 0.105. The van der Waals surface area contributed by atoms with Crippen LogP contribution < -0.4 is 4.74 Å². The predicted molar refractivity (Wildman–Crippen MR) is 54.0 cm³/mol. The first-order valence-corrected chi connectivity index (χ1v) is 5.02. The summed E-state index contributed by atoms with van der Waals surface area (Å²) in [4.78, 5) is 13.8. The highest BCUT2D eigenvalue weighted by atomic mass is 127. The van der Waals surface area contributed by atoms with Crippen LogP contribution in [0.4, 0.5) is 22.0 Å². The molecule has 0 aliphatic heterocycles. The molecule has 0 radical (unpaired) electrons. The molecule has 0 bridgehead atoms. The highest BCUT2D eigenvalue weighted by Gasteiger charge is 2.33. The second kappa shape index (κ2) is 5.10. The smallest absolute Gasteiger partial charge is 0.388 e. The molecular formula is C8H3F5INO2. The molecule has 0 aliphatic rings. The van der Waals surface area contributed by atoms with Crippen LogP contribution in [-0.4, -0.2) is 17.6 Å². The van der Waals surface area contributed by atoms with Gasteiger partial charge in [0, 0.05) is 11.6 Å². The van der Waals surface area contributed by atoms with Crippen LogP contribution in [0.25, 0.3) is 0 Å². The topological polar surface area (TPSA) is 39.2 Å². The van der Waals surface area contributed by atoms with Crippen molar-refractivity contribution in [2.45, 2.75) is 12.8 Å². The number of pyridine rings is 1. The van der Waals surface area contributed by atoms with Gasteiger partial charge < -0.3 is 4.74 Å². The largest absolute Gasteiger partial charge is 0.574 e. The molecule has 0 saturated heterocycles. The van der Waals surface area contributed by atoms with Gasteiger partial charge in [-0.05, 0) is 22.6 Å². The van der Waals surface area contributed by atoms with Crippen molar-refractivity contribution >= 4 is 28.9 Å². The van der Waals surface area contributed by atoms with Crippen LogP contribution in [0.3, 0.4) is 0 Å². The third kappa shape index (κ3) is 3.75. The third-order valence-electron chi connectivity index (χ3n) is 1.59. The third-order valence-corrected chi connectivity index (χ3v) is 2.42. The Labute approximate surface area is 105 Å². The molecule has 0 spiro atoms. The number of rotatable bonds is 3. The lowest BCUT2D eigenvalue weighted by Crippen LogP contribution is -2.18. The number of alkyl halides is 5. The van der Waals surface area contributed by atoms with E-state index >= 15 is 0 Å². The maximum absolute atomic E-state index is 12.5. The molecule has 0 unspecified atom stereocenters. The van der Waals surface area contributed by atoms with Crippen molar-refractivity contribution < 1.29 is 31.5 Å². The Morgan fingerprint density at radius 1 is 1.41 bits per heavy atom. The minimum atomic E-state index is -5.03. The van der Waals surface area contributed by atoms with Gasteiger partial charge in [-0.3, -0.25) is 4.79 Å². The van der Waals surface area contributed by atoms with Gasteiger partial charge in [-0.25, -0.2) is 13.8 Å². The zero-order valence-electron chi connectivity index (χ0n) is 7.76. The van der Waals surface area contributed by atoms with Gasteiger partial charge in [0.25, 0.3) is 6.43 Å². The molecule has 3 nitrogen and oxygen atoms in total. The van der Waals surface area contributed by atoms with Gasteiger partial charge in [0.1, 0.15) is 3.70 Å². The lowest BCUT2D eigenvalue weighted by molar-refractivity contribution is -0.276.